The van der Waals surface area contributed by atoms with E-state index in [9.17, 15) is 18.0 Å². The van der Waals surface area contributed by atoms with Gasteiger partial charge < -0.3 is 9.84 Å². The van der Waals surface area contributed by atoms with E-state index in [0.717, 1.165) is 25.9 Å². The number of benzene rings is 1. The Labute approximate surface area is 141 Å². The topological polar surface area (TPSA) is 80.4 Å². The van der Waals surface area contributed by atoms with Gasteiger partial charge in [-0.25, -0.2) is 4.99 Å². The maximum Gasteiger partial charge on any atom is 0.471 e. The molecule has 1 aliphatic heterocycles. The van der Waals surface area contributed by atoms with Crippen LogP contribution in [0, 0.1) is 5.92 Å². The highest BCUT2D eigenvalue weighted by atomic mass is 19.4. The van der Waals surface area contributed by atoms with Crippen LogP contribution in [0.3, 0.4) is 0 Å². The summed E-state index contributed by atoms with van der Waals surface area (Å²) in [5, 5.41) is 6.53. The Bertz CT molecular complexity index is 762. The summed E-state index contributed by atoms with van der Waals surface area (Å²) in [5.74, 6) is -1.71. The molecule has 0 bridgehead atoms. The summed E-state index contributed by atoms with van der Waals surface area (Å²) in [5.41, 5.74) is 0.659. The Hall–Kier alpha value is -2.55. The van der Waals surface area contributed by atoms with Crippen LogP contribution in [0.4, 0.5) is 13.2 Å². The number of halogens is 3. The molecule has 1 aliphatic rings. The van der Waals surface area contributed by atoms with E-state index in [1.807, 2.05) is 0 Å². The van der Waals surface area contributed by atoms with Gasteiger partial charge >= 0.3 is 12.1 Å². The van der Waals surface area contributed by atoms with Gasteiger partial charge in [-0.2, -0.15) is 18.2 Å². The van der Waals surface area contributed by atoms with E-state index in [1.165, 1.54) is 24.3 Å². The van der Waals surface area contributed by atoms with Crippen molar-refractivity contribution in [3.63, 3.8) is 0 Å². The number of piperidine rings is 1. The third-order valence-corrected chi connectivity index (χ3v) is 3.84. The molecule has 1 amide bonds. The molecule has 3 rings (SSSR count). The molecule has 0 atom stereocenters. The molecule has 6 nitrogen and oxygen atoms in total. The predicted octanol–water partition coefficient (Wildman–Crippen LogP) is 2.97. The second kappa shape index (κ2) is 7.14. The van der Waals surface area contributed by atoms with Gasteiger partial charge in [-0.3, -0.25) is 4.79 Å². The van der Waals surface area contributed by atoms with Gasteiger partial charge in [0.1, 0.15) is 0 Å². The highest BCUT2D eigenvalue weighted by molar-refractivity contribution is 5.99. The molecule has 0 unspecified atom stereocenters. The van der Waals surface area contributed by atoms with E-state index in [0.29, 0.717) is 11.1 Å². The summed E-state index contributed by atoms with van der Waals surface area (Å²) in [6, 6.07) is 5.86. The third kappa shape index (κ3) is 4.30. The Kier molecular flexibility index (Phi) is 4.93. The number of carbonyl (C=O) groups excluding carboxylic acids is 1. The molecule has 1 aromatic carbocycles. The van der Waals surface area contributed by atoms with Crippen molar-refractivity contribution in [1.29, 1.82) is 0 Å². The van der Waals surface area contributed by atoms with Gasteiger partial charge in [0.15, 0.2) is 0 Å². The Morgan fingerprint density at radius 2 is 1.92 bits per heavy atom. The van der Waals surface area contributed by atoms with Crippen molar-refractivity contribution in [2.24, 2.45) is 10.9 Å². The van der Waals surface area contributed by atoms with Gasteiger partial charge in [-0.05, 0) is 44.0 Å². The Morgan fingerprint density at radius 1 is 1.24 bits per heavy atom. The monoisotopic (exact) mass is 352 g/mol. The SMILES string of the molecule is O=C(N=CC1CCNCC1)c1ccc(-c2noc(C(F)(F)F)n2)cc1. The predicted molar refractivity (Wildman–Crippen MR) is 83.2 cm³/mol. The number of hydrogen-bond donors (Lipinski definition) is 1. The fourth-order valence-corrected chi connectivity index (χ4v) is 2.46. The minimum atomic E-state index is -4.69. The van der Waals surface area contributed by atoms with E-state index in [2.05, 4.69) is 25.0 Å². The second-order valence-corrected chi connectivity index (χ2v) is 5.67. The van der Waals surface area contributed by atoms with Crippen molar-refractivity contribution in [3.8, 4) is 11.4 Å². The van der Waals surface area contributed by atoms with Crippen molar-refractivity contribution < 1.29 is 22.5 Å². The van der Waals surface area contributed by atoms with Gasteiger partial charge in [-0.1, -0.05) is 17.3 Å². The van der Waals surface area contributed by atoms with Gasteiger partial charge in [0.25, 0.3) is 5.91 Å². The zero-order valence-electron chi connectivity index (χ0n) is 13.1. The van der Waals surface area contributed by atoms with Crippen LogP contribution < -0.4 is 5.32 Å². The maximum absolute atomic E-state index is 12.5. The van der Waals surface area contributed by atoms with Crippen LogP contribution in [-0.2, 0) is 6.18 Å². The van der Waals surface area contributed by atoms with E-state index in [1.54, 1.807) is 6.21 Å². The summed E-state index contributed by atoms with van der Waals surface area (Å²) in [6.07, 6.45) is -1.14. The zero-order chi connectivity index (χ0) is 17.9. The lowest BCUT2D eigenvalue weighted by atomic mass is 10.00. The standard InChI is InChI=1S/C16H15F3N4O2/c17-16(18,19)15-22-13(23-25-15)11-1-3-12(4-2-11)14(24)21-9-10-5-7-20-8-6-10/h1-4,9-10,20H,5-8H2. The van der Waals surface area contributed by atoms with Crippen LogP contribution in [-0.4, -0.2) is 35.4 Å². The molecule has 1 fully saturated rings. The molecular weight excluding hydrogens is 337 g/mol. The van der Waals surface area contributed by atoms with Crippen LogP contribution in [0.2, 0.25) is 0 Å². The van der Waals surface area contributed by atoms with E-state index in [-0.39, 0.29) is 11.7 Å². The van der Waals surface area contributed by atoms with Crippen molar-refractivity contribution in [1.82, 2.24) is 15.5 Å². The van der Waals surface area contributed by atoms with Gasteiger partial charge in [-0.15, -0.1) is 0 Å². The highest BCUT2D eigenvalue weighted by Crippen LogP contribution is 2.29. The summed E-state index contributed by atoms with van der Waals surface area (Å²) < 4.78 is 41.6. The molecule has 1 saturated heterocycles. The lowest BCUT2D eigenvalue weighted by Gasteiger charge is -2.18. The first-order chi connectivity index (χ1) is 11.9. The third-order valence-electron chi connectivity index (χ3n) is 3.84. The average molecular weight is 352 g/mol. The number of aromatic nitrogens is 2. The number of carbonyl (C=O) groups is 1. The van der Waals surface area contributed by atoms with Crippen LogP contribution in [0.1, 0.15) is 29.1 Å². The second-order valence-electron chi connectivity index (χ2n) is 5.67. The number of nitrogens with zero attached hydrogens (tertiary/aromatic N) is 3. The van der Waals surface area contributed by atoms with Crippen LogP contribution in [0.15, 0.2) is 33.8 Å². The van der Waals surface area contributed by atoms with E-state index < -0.39 is 18.0 Å². The first-order valence-corrected chi connectivity index (χ1v) is 7.74. The van der Waals surface area contributed by atoms with Gasteiger partial charge in [0, 0.05) is 17.3 Å². The average Bonchev–Trinajstić information content (AvgIpc) is 3.11. The largest absolute Gasteiger partial charge is 0.471 e. The smallest absolute Gasteiger partial charge is 0.329 e. The molecule has 1 N–H and O–H groups in total. The Morgan fingerprint density at radius 3 is 2.52 bits per heavy atom. The molecular formula is C16H15F3N4O2. The van der Waals surface area contributed by atoms with E-state index in [4.69, 9.17) is 0 Å². The number of hydrogen-bond acceptors (Lipinski definition) is 5. The first kappa shape index (κ1) is 17.3. The van der Waals surface area contributed by atoms with E-state index >= 15 is 0 Å². The Balaban J connectivity index is 1.68. The molecule has 9 heteroatoms. The molecule has 2 aromatic rings. The molecule has 0 spiro atoms. The molecule has 132 valence electrons. The molecule has 25 heavy (non-hydrogen) atoms. The van der Waals surface area contributed by atoms with Crippen LogP contribution in [0.5, 0.6) is 0 Å². The molecule has 1 aromatic heterocycles. The van der Waals surface area contributed by atoms with Crippen LogP contribution in [0.25, 0.3) is 11.4 Å². The van der Waals surface area contributed by atoms with Crippen molar-refractivity contribution in [2.45, 2.75) is 19.0 Å². The van der Waals surface area contributed by atoms with Crippen molar-refractivity contribution in [2.75, 3.05) is 13.1 Å². The fourth-order valence-electron chi connectivity index (χ4n) is 2.46. The maximum atomic E-state index is 12.5. The lowest BCUT2D eigenvalue weighted by molar-refractivity contribution is -0.159. The molecule has 0 radical (unpaired) electrons. The first-order valence-electron chi connectivity index (χ1n) is 7.74. The van der Waals surface area contributed by atoms with Crippen LogP contribution >= 0.6 is 0 Å². The van der Waals surface area contributed by atoms with Gasteiger partial charge in [0.2, 0.25) is 5.82 Å². The number of nitrogens with one attached hydrogen (secondary N) is 1. The highest BCUT2D eigenvalue weighted by Gasteiger charge is 2.38. The fraction of sp³-hybridized carbons (Fsp3) is 0.375. The number of aliphatic imine (C=N–C) groups is 1. The molecule has 0 aliphatic carbocycles. The molecule has 2 heterocycles. The van der Waals surface area contributed by atoms with Gasteiger partial charge in [0.05, 0.1) is 0 Å². The zero-order valence-corrected chi connectivity index (χ0v) is 13.1. The summed E-state index contributed by atoms with van der Waals surface area (Å²) in [4.78, 5) is 19.3. The lowest BCUT2D eigenvalue weighted by Crippen LogP contribution is -2.28. The normalized spacial score (nSPS) is 16.4. The van der Waals surface area contributed by atoms with Crippen molar-refractivity contribution >= 4 is 12.1 Å². The summed E-state index contributed by atoms with van der Waals surface area (Å²) >= 11 is 0. The summed E-state index contributed by atoms with van der Waals surface area (Å²) in [7, 11) is 0. The molecule has 0 saturated carbocycles. The minimum absolute atomic E-state index is 0.190. The number of alkyl halides is 3. The summed E-state index contributed by atoms with van der Waals surface area (Å²) in [6.45, 7) is 1.81. The minimum Gasteiger partial charge on any atom is -0.329 e. The number of amides is 1. The quantitative estimate of drug-likeness (QED) is 0.859. The van der Waals surface area contributed by atoms with Crippen molar-refractivity contribution in [3.05, 3.63) is 35.7 Å². The number of rotatable bonds is 3.